The van der Waals surface area contributed by atoms with Gasteiger partial charge in [0.25, 0.3) is 0 Å². The normalized spacial score (nSPS) is 11.0. The molecule has 0 atom stereocenters. The van der Waals surface area contributed by atoms with E-state index in [9.17, 15) is 5.11 Å². The average Bonchev–Trinajstić information content (AvgIpc) is 2.33. The molecule has 102 valence electrons. The van der Waals surface area contributed by atoms with Crippen LogP contribution in [0.5, 0.6) is 0 Å². The van der Waals surface area contributed by atoms with Crippen molar-refractivity contribution in [3.63, 3.8) is 0 Å². The van der Waals surface area contributed by atoms with Crippen molar-refractivity contribution in [2.75, 3.05) is 31.7 Å². The smallest absolute Gasteiger partial charge is 0.129 e. The maximum atomic E-state index is 9.26. The first-order valence-corrected chi connectivity index (χ1v) is 6.39. The van der Waals surface area contributed by atoms with Crippen LogP contribution in [0.25, 0.3) is 0 Å². The van der Waals surface area contributed by atoms with E-state index in [-0.39, 0.29) is 6.61 Å². The molecule has 0 spiro atoms. The number of aryl methyl sites for hydroxylation is 1. The van der Waals surface area contributed by atoms with Crippen molar-refractivity contribution in [1.82, 2.24) is 4.98 Å². The van der Waals surface area contributed by atoms with Crippen LogP contribution in [0.4, 0.5) is 5.82 Å². The van der Waals surface area contributed by atoms with Crippen molar-refractivity contribution in [3.05, 3.63) is 23.4 Å². The van der Waals surface area contributed by atoms with Crippen LogP contribution < -0.4 is 4.90 Å². The zero-order valence-corrected chi connectivity index (χ0v) is 11.8. The van der Waals surface area contributed by atoms with Gasteiger partial charge in [-0.15, -0.1) is 0 Å². The number of hydrogen-bond donors (Lipinski definition) is 1. The van der Waals surface area contributed by atoms with Crippen LogP contribution in [0.3, 0.4) is 0 Å². The van der Waals surface area contributed by atoms with E-state index in [1.165, 1.54) is 0 Å². The van der Waals surface area contributed by atoms with Crippen LogP contribution in [0.1, 0.15) is 25.1 Å². The predicted molar refractivity (Wildman–Crippen MR) is 73.8 cm³/mol. The molecule has 0 saturated heterocycles. The van der Waals surface area contributed by atoms with Crippen LogP contribution >= 0.6 is 0 Å². The second-order valence-corrected chi connectivity index (χ2v) is 4.97. The molecular formula is C14H24N2O2. The van der Waals surface area contributed by atoms with Gasteiger partial charge in [0.1, 0.15) is 5.82 Å². The number of ether oxygens (including phenoxy) is 1. The van der Waals surface area contributed by atoms with E-state index in [2.05, 4.69) is 23.7 Å². The molecule has 0 radical (unpaired) electrons. The summed E-state index contributed by atoms with van der Waals surface area (Å²) in [6.45, 7) is 8.80. The van der Waals surface area contributed by atoms with Gasteiger partial charge in [0, 0.05) is 25.9 Å². The third kappa shape index (κ3) is 4.63. The van der Waals surface area contributed by atoms with E-state index in [4.69, 9.17) is 4.74 Å². The van der Waals surface area contributed by atoms with Gasteiger partial charge in [0.15, 0.2) is 0 Å². The number of methoxy groups -OCH3 is 1. The number of hydrogen-bond acceptors (Lipinski definition) is 4. The molecule has 4 nitrogen and oxygen atoms in total. The Labute approximate surface area is 110 Å². The van der Waals surface area contributed by atoms with Crippen LogP contribution in [0.15, 0.2) is 12.1 Å². The Morgan fingerprint density at radius 2 is 2.11 bits per heavy atom. The summed E-state index contributed by atoms with van der Waals surface area (Å²) in [6, 6.07) is 3.86. The number of aromatic nitrogens is 1. The van der Waals surface area contributed by atoms with Gasteiger partial charge < -0.3 is 14.7 Å². The summed E-state index contributed by atoms with van der Waals surface area (Å²) in [5, 5.41) is 9.26. The van der Waals surface area contributed by atoms with Crippen LogP contribution in [-0.4, -0.2) is 36.9 Å². The Morgan fingerprint density at radius 1 is 1.39 bits per heavy atom. The first-order valence-electron chi connectivity index (χ1n) is 6.39. The summed E-state index contributed by atoms with van der Waals surface area (Å²) in [6.07, 6.45) is 0. The summed E-state index contributed by atoms with van der Waals surface area (Å²) in [5.41, 5.74) is 1.84. The highest BCUT2D eigenvalue weighted by atomic mass is 16.5. The average molecular weight is 252 g/mol. The molecule has 0 aliphatic carbocycles. The lowest BCUT2D eigenvalue weighted by Crippen LogP contribution is -2.31. The van der Waals surface area contributed by atoms with Crippen molar-refractivity contribution in [2.45, 2.75) is 27.4 Å². The summed E-state index contributed by atoms with van der Waals surface area (Å²) in [4.78, 5) is 6.76. The van der Waals surface area contributed by atoms with E-state index >= 15 is 0 Å². The molecule has 1 heterocycles. The Morgan fingerprint density at radius 3 is 2.67 bits per heavy atom. The molecule has 1 rings (SSSR count). The maximum absolute atomic E-state index is 9.26. The summed E-state index contributed by atoms with van der Waals surface area (Å²) in [7, 11) is 1.70. The Bertz CT molecular complexity index is 367. The van der Waals surface area contributed by atoms with Gasteiger partial charge in [-0.1, -0.05) is 13.8 Å². The first kappa shape index (κ1) is 14.9. The van der Waals surface area contributed by atoms with Gasteiger partial charge in [0.05, 0.1) is 13.2 Å². The van der Waals surface area contributed by atoms with Crippen molar-refractivity contribution >= 4 is 5.82 Å². The second-order valence-electron chi connectivity index (χ2n) is 4.97. The van der Waals surface area contributed by atoms with Crippen molar-refractivity contribution in [3.8, 4) is 0 Å². The molecule has 0 aromatic carbocycles. The molecule has 0 aliphatic heterocycles. The zero-order chi connectivity index (χ0) is 13.5. The van der Waals surface area contributed by atoms with E-state index in [0.29, 0.717) is 12.5 Å². The second kappa shape index (κ2) is 7.34. The van der Waals surface area contributed by atoms with Gasteiger partial charge in [-0.05, 0) is 30.5 Å². The minimum atomic E-state index is 0.0517. The third-order valence-electron chi connectivity index (χ3n) is 2.66. The predicted octanol–water partition coefficient (Wildman–Crippen LogP) is 1.99. The number of aliphatic hydroxyl groups is 1. The van der Waals surface area contributed by atoms with Gasteiger partial charge in [-0.2, -0.15) is 0 Å². The Kier molecular flexibility index (Phi) is 6.09. The number of rotatable bonds is 7. The zero-order valence-electron chi connectivity index (χ0n) is 11.8. The number of pyridine rings is 1. The molecular weight excluding hydrogens is 228 g/mol. The molecule has 1 aromatic rings. The Hall–Kier alpha value is -1.13. The highest BCUT2D eigenvalue weighted by Gasteiger charge is 2.11. The standard InChI is InChI=1S/C14H24N2O2/c1-11(2)9-16(5-6-18-4)14-8-13(10-17)7-12(3)15-14/h7-8,11,17H,5-6,9-10H2,1-4H3. The molecule has 1 N–H and O–H groups in total. The molecule has 0 bridgehead atoms. The van der Waals surface area contributed by atoms with Gasteiger partial charge in [-0.3, -0.25) is 0 Å². The third-order valence-corrected chi connectivity index (χ3v) is 2.66. The quantitative estimate of drug-likeness (QED) is 0.806. The Balaban J connectivity index is 2.91. The highest BCUT2D eigenvalue weighted by molar-refractivity contribution is 5.42. The van der Waals surface area contributed by atoms with Crippen LogP contribution in [0, 0.1) is 12.8 Å². The molecule has 0 aliphatic rings. The van der Waals surface area contributed by atoms with E-state index < -0.39 is 0 Å². The fourth-order valence-electron chi connectivity index (χ4n) is 1.92. The SMILES string of the molecule is COCCN(CC(C)C)c1cc(CO)cc(C)n1. The van der Waals surface area contributed by atoms with E-state index in [1.54, 1.807) is 7.11 Å². The molecule has 1 aromatic heterocycles. The number of nitrogens with zero attached hydrogens (tertiary/aromatic N) is 2. The molecule has 0 fully saturated rings. The van der Waals surface area contributed by atoms with E-state index in [1.807, 2.05) is 19.1 Å². The number of aliphatic hydroxyl groups excluding tert-OH is 1. The highest BCUT2D eigenvalue weighted by Crippen LogP contribution is 2.16. The molecule has 0 unspecified atom stereocenters. The largest absolute Gasteiger partial charge is 0.392 e. The maximum Gasteiger partial charge on any atom is 0.129 e. The monoisotopic (exact) mass is 252 g/mol. The topological polar surface area (TPSA) is 45.6 Å². The lowest BCUT2D eigenvalue weighted by molar-refractivity contribution is 0.204. The van der Waals surface area contributed by atoms with E-state index in [0.717, 1.165) is 30.2 Å². The molecule has 4 heteroatoms. The van der Waals surface area contributed by atoms with Crippen molar-refractivity contribution in [2.24, 2.45) is 5.92 Å². The van der Waals surface area contributed by atoms with Crippen molar-refractivity contribution < 1.29 is 9.84 Å². The van der Waals surface area contributed by atoms with Gasteiger partial charge in [0.2, 0.25) is 0 Å². The lowest BCUT2D eigenvalue weighted by Gasteiger charge is -2.26. The van der Waals surface area contributed by atoms with Gasteiger partial charge in [-0.25, -0.2) is 4.98 Å². The summed E-state index contributed by atoms with van der Waals surface area (Å²) >= 11 is 0. The van der Waals surface area contributed by atoms with Gasteiger partial charge >= 0.3 is 0 Å². The number of anilines is 1. The molecule has 0 amide bonds. The first-order chi connectivity index (χ1) is 8.56. The van der Waals surface area contributed by atoms with Crippen molar-refractivity contribution in [1.29, 1.82) is 0 Å². The molecule has 0 saturated carbocycles. The minimum Gasteiger partial charge on any atom is -0.392 e. The fourth-order valence-corrected chi connectivity index (χ4v) is 1.92. The lowest BCUT2D eigenvalue weighted by atomic mass is 10.2. The fraction of sp³-hybridized carbons (Fsp3) is 0.643. The van der Waals surface area contributed by atoms with Crippen LogP contribution in [0.2, 0.25) is 0 Å². The summed E-state index contributed by atoms with van der Waals surface area (Å²) < 4.78 is 5.14. The minimum absolute atomic E-state index is 0.0517. The van der Waals surface area contributed by atoms with Crippen LogP contribution in [-0.2, 0) is 11.3 Å². The summed E-state index contributed by atoms with van der Waals surface area (Å²) in [5.74, 6) is 1.48. The molecule has 18 heavy (non-hydrogen) atoms.